The molecule has 0 spiro atoms. The van der Waals surface area contributed by atoms with Crippen LogP contribution in [-0.2, 0) is 11.4 Å². The van der Waals surface area contributed by atoms with Gasteiger partial charge in [0.1, 0.15) is 6.04 Å². The molecule has 1 aliphatic heterocycles. The molecule has 3 heterocycles. The van der Waals surface area contributed by atoms with E-state index in [9.17, 15) is 4.79 Å². The molecule has 0 unspecified atom stereocenters. The van der Waals surface area contributed by atoms with Crippen LogP contribution >= 0.6 is 11.3 Å². The third kappa shape index (κ3) is 3.57. The van der Waals surface area contributed by atoms with E-state index in [-0.39, 0.29) is 24.5 Å². The Hall–Kier alpha value is -1.99. The van der Waals surface area contributed by atoms with Gasteiger partial charge in [-0.25, -0.2) is 0 Å². The molecular formula is C17H21N3O3S. The van der Waals surface area contributed by atoms with Gasteiger partial charge in [0.25, 0.3) is 0 Å². The average Bonchev–Trinajstić information content (AvgIpc) is 3.31. The first kappa shape index (κ1) is 16.9. The lowest BCUT2D eigenvalue weighted by atomic mass is 10.2. The normalized spacial score (nSPS) is 18.2. The molecule has 2 aromatic heterocycles. The number of carbonyl (C=O) groups excluding carboxylic acids is 1. The van der Waals surface area contributed by atoms with E-state index in [1.54, 1.807) is 17.1 Å². The summed E-state index contributed by atoms with van der Waals surface area (Å²) < 4.78 is 5.37. The molecule has 1 saturated heterocycles. The second-order valence-corrected chi connectivity index (χ2v) is 7.13. The van der Waals surface area contributed by atoms with Crippen molar-refractivity contribution >= 4 is 23.3 Å². The maximum absolute atomic E-state index is 12.5. The van der Waals surface area contributed by atoms with Gasteiger partial charge in [0.05, 0.1) is 6.61 Å². The molecule has 1 N–H and O–H groups in total. The van der Waals surface area contributed by atoms with Gasteiger partial charge in [0, 0.05) is 23.4 Å². The first-order valence-corrected chi connectivity index (χ1v) is 8.97. The highest BCUT2D eigenvalue weighted by molar-refractivity contribution is 7.11. The van der Waals surface area contributed by atoms with Crippen molar-refractivity contribution in [3.05, 3.63) is 39.7 Å². The molecule has 0 bridgehead atoms. The van der Waals surface area contributed by atoms with Gasteiger partial charge < -0.3 is 14.5 Å². The van der Waals surface area contributed by atoms with Gasteiger partial charge in [-0.05, 0) is 35.9 Å². The minimum atomic E-state index is -0.140. The molecular weight excluding hydrogens is 326 g/mol. The van der Waals surface area contributed by atoms with Gasteiger partial charge in [-0.2, -0.15) is 4.98 Å². The molecule has 2 aromatic rings. The maximum atomic E-state index is 12.5. The topological polar surface area (TPSA) is 79.5 Å². The zero-order valence-corrected chi connectivity index (χ0v) is 14.6. The summed E-state index contributed by atoms with van der Waals surface area (Å²) in [5.41, 5.74) is 0.859. The first-order valence-electron chi connectivity index (χ1n) is 8.09. The lowest BCUT2D eigenvalue weighted by Crippen LogP contribution is -2.29. The van der Waals surface area contributed by atoms with Crippen LogP contribution in [0.3, 0.4) is 0 Å². The second-order valence-electron chi connectivity index (χ2n) is 6.18. The van der Waals surface area contributed by atoms with E-state index in [2.05, 4.69) is 10.1 Å². The number of carbonyl (C=O) groups is 1. The molecule has 1 atom stereocenters. The number of thiophene rings is 1. The van der Waals surface area contributed by atoms with E-state index in [4.69, 9.17) is 9.63 Å². The molecule has 0 aliphatic carbocycles. The summed E-state index contributed by atoms with van der Waals surface area (Å²) in [4.78, 5) is 19.7. The minimum Gasteiger partial charge on any atom is -0.392 e. The molecule has 1 fully saturated rings. The van der Waals surface area contributed by atoms with E-state index in [0.29, 0.717) is 18.3 Å². The van der Waals surface area contributed by atoms with Crippen LogP contribution in [-0.4, -0.2) is 32.6 Å². The van der Waals surface area contributed by atoms with Gasteiger partial charge in [0.2, 0.25) is 11.8 Å². The van der Waals surface area contributed by atoms with Gasteiger partial charge in [0.15, 0.2) is 5.82 Å². The first-order chi connectivity index (χ1) is 11.6. The van der Waals surface area contributed by atoms with Crippen LogP contribution in [0.5, 0.6) is 0 Å². The van der Waals surface area contributed by atoms with Crippen LogP contribution in [0.25, 0.3) is 6.08 Å². The highest BCUT2D eigenvalue weighted by atomic mass is 32.1. The number of aliphatic hydroxyl groups excluding tert-OH is 1. The van der Waals surface area contributed by atoms with Crippen LogP contribution in [0.15, 0.2) is 22.0 Å². The summed E-state index contributed by atoms with van der Waals surface area (Å²) in [6.45, 7) is 4.73. The monoisotopic (exact) mass is 347 g/mol. The van der Waals surface area contributed by atoms with Crippen LogP contribution < -0.4 is 0 Å². The van der Waals surface area contributed by atoms with E-state index in [1.807, 2.05) is 25.3 Å². The van der Waals surface area contributed by atoms with Crippen LogP contribution in [0.1, 0.15) is 60.8 Å². The fourth-order valence-corrected chi connectivity index (χ4v) is 3.51. The maximum Gasteiger partial charge on any atom is 0.249 e. The predicted molar refractivity (Wildman–Crippen MR) is 91.4 cm³/mol. The standard InChI is InChI=1S/C17H21N3O3S/c1-11(2)16-18-17(23-19-16)14-4-3-7-20(14)15(22)6-5-13-8-12(9-21)10-24-13/h5-6,8,10-11,14,21H,3-4,7,9H2,1-2H3/b6-5+/t14-/m0/s1. The fraction of sp³-hybridized carbons (Fsp3) is 0.471. The van der Waals surface area contributed by atoms with Crippen molar-refractivity contribution in [2.45, 2.75) is 45.3 Å². The fourth-order valence-electron chi connectivity index (χ4n) is 2.72. The van der Waals surface area contributed by atoms with Crippen LogP contribution in [0.2, 0.25) is 0 Å². The van der Waals surface area contributed by atoms with E-state index >= 15 is 0 Å². The Labute approximate surface area is 144 Å². The Balaban J connectivity index is 1.70. The molecule has 0 aromatic carbocycles. The predicted octanol–water partition coefficient (Wildman–Crippen LogP) is 3.12. The number of aliphatic hydroxyl groups is 1. The molecule has 1 aliphatic rings. The Morgan fingerprint density at radius 3 is 3.08 bits per heavy atom. The van der Waals surface area contributed by atoms with Crippen molar-refractivity contribution in [1.82, 2.24) is 15.0 Å². The summed E-state index contributed by atoms with van der Waals surface area (Å²) in [7, 11) is 0. The van der Waals surface area contributed by atoms with Gasteiger partial charge in [-0.15, -0.1) is 11.3 Å². The van der Waals surface area contributed by atoms with Gasteiger partial charge >= 0.3 is 0 Å². The Kier molecular flexibility index (Phi) is 5.11. The molecule has 0 saturated carbocycles. The zero-order chi connectivity index (χ0) is 17.1. The summed E-state index contributed by atoms with van der Waals surface area (Å²) in [5, 5.41) is 15.0. The van der Waals surface area contributed by atoms with Gasteiger partial charge in [-0.3, -0.25) is 4.79 Å². The van der Waals surface area contributed by atoms with Gasteiger partial charge in [-0.1, -0.05) is 19.0 Å². The summed E-state index contributed by atoms with van der Waals surface area (Å²) in [6.07, 6.45) is 5.13. The summed E-state index contributed by atoms with van der Waals surface area (Å²) in [5.74, 6) is 1.35. The average molecular weight is 347 g/mol. The van der Waals surface area contributed by atoms with Crippen LogP contribution in [0.4, 0.5) is 0 Å². The van der Waals surface area contributed by atoms with Crippen molar-refractivity contribution in [3.8, 4) is 0 Å². The zero-order valence-electron chi connectivity index (χ0n) is 13.8. The molecule has 3 rings (SSSR count). The highest BCUT2D eigenvalue weighted by Gasteiger charge is 2.33. The lowest BCUT2D eigenvalue weighted by molar-refractivity contribution is -0.127. The Morgan fingerprint density at radius 1 is 1.58 bits per heavy atom. The number of rotatable bonds is 5. The second kappa shape index (κ2) is 7.27. The number of nitrogens with zero attached hydrogens (tertiary/aromatic N) is 3. The number of hydrogen-bond donors (Lipinski definition) is 1. The molecule has 7 heteroatoms. The summed E-state index contributed by atoms with van der Waals surface area (Å²) >= 11 is 1.50. The van der Waals surface area contributed by atoms with Crippen LogP contribution in [0, 0.1) is 0 Å². The molecule has 1 amide bonds. The minimum absolute atomic E-state index is 0.0157. The lowest BCUT2D eigenvalue weighted by Gasteiger charge is -2.20. The number of likely N-dealkylation sites (tertiary alicyclic amines) is 1. The third-order valence-electron chi connectivity index (χ3n) is 4.04. The largest absolute Gasteiger partial charge is 0.392 e. The Morgan fingerprint density at radius 2 is 2.42 bits per heavy atom. The molecule has 6 nitrogen and oxygen atoms in total. The van der Waals surface area contributed by atoms with E-state index < -0.39 is 0 Å². The number of aromatic nitrogens is 2. The van der Waals surface area contributed by atoms with Crippen molar-refractivity contribution in [1.29, 1.82) is 0 Å². The molecule has 24 heavy (non-hydrogen) atoms. The number of amides is 1. The smallest absolute Gasteiger partial charge is 0.249 e. The van der Waals surface area contributed by atoms with Crippen molar-refractivity contribution in [2.24, 2.45) is 0 Å². The SMILES string of the molecule is CC(C)c1noc([C@@H]2CCCN2C(=O)/C=C/c2cc(CO)cs2)n1. The highest BCUT2D eigenvalue weighted by Crippen LogP contribution is 2.31. The van der Waals surface area contributed by atoms with E-state index in [0.717, 1.165) is 23.3 Å². The summed E-state index contributed by atoms with van der Waals surface area (Å²) in [6, 6.07) is 1.74. The quantitative estimate of drug-likeness (QED) is 0.841. The van der Waals surface area contributed by atoms with Crippen molar-refractivity contribution < 1.29 is 14.4 Å². The molecule has 128 valence electrons. The van der Waals surface area contributed by atoms with E-state index in [1.165, 1.54) is 11.3 Å². The third-order valence-corrected chi connectivity index (χ3v) is 4.99. The Bertz CT molecular complexity index is 735. The molecule has 0 radical (unpaired) electrons. The van der Waals surface area contributed by atoms with Crippen molar-refractivity contribution in [3.63, 3.8) is 0 Å². The number of hydrogen-bond acceptors (Lipinski definition) is 6. The van der Waals surface area contributed by atoms with Crippen molar-refractivity contribution in [2.75, 3.05) is 6.54 Å².